The molecule has 1 aliphatic carbocycles. The second-order valence-electron chi connectivity index (χ2n) is 4.44. The molecule has 0 saturated carbocycles. The summed E-state index contributed by atoms with van der Waals surface area (Å²) in [5, 5.41) is 1.04. The molecule has 15 heavy (non-hydrogen) atoms. The molecule has 0 nitrogen and oxygen atoms in total. The molecule has 0 unspecified atom stereocenters. The molecular formula is C14H23Cl. The molecule has 1 aliphatic rings. The molecule has 0 fully saturated rings. The van der Waals surface area contributed by atoms with Crippen molar-refractivity contribution in [2.24, 2.45) is 0 Å². The van der Waals surface area contributed by atoms with Crippen molar-refractivity contribution in [2.75, 3.05) is 0 Å². The second-order valence-corrected chi connectivity index (χ2v) is 4.93. The van der Waals surface area contributed by atoms with E-state index in [1.165, 1.54) is 44.9 Å². The molecule has 0 bridgehead atoms. The molecule has 0 amide bonds. The van der Waals surface area contributed by atoms with E-state index < -0.39 is 0 Å². The van der Waals surface area contributed by atoms with Crippen LogP contribution in [0.2, 0.25) is 0 Å². The van der Waals surface area contributed by atoms with Crippen LogP contribution >= 0.6 is 11.6 Å². The molecule has 0 N–H and O–H groups in total. The summed E-state index contributed by atoms with van der Waals surface area (Å²) in [6.07, 6.45) is 16.1. The summed E-state index contributed by atoms with van der Waals surface area (Å²) in [4.78, 5) is 0. The first-order valence-corrected chi connectivity index (χ1v) is 6.73. The highest BCUT2D eigenvalue weighted by atomic mass is 35.5. The van der Waals surface area contributed by atoms with Crippen LogP contribution in [-0.2, 0) is 0 Å². The fourth-order valence-electron chi connectivity index (χ4n) is 2.04. The van der Waals surface area contributed by atoms with Crippen LogP contribution in [0.5, 0.6) is 0 Å². The van der Waals surface area contributed by atoms with Gasteiger partial charge in [-0.3, -0.25) is 0 Å². The smallest absolute Gasteiger partial charge is 0.0184 e. The summed E-state index contributed by atoms with van der Waals surface area (Å²) in [5.41, 5.74) is 1.55. The molecule has 0 aromatic heterocycles. The van der Waals surface area contributed by atoms with Gasteiger partial charge in [0.1, 0.15) is 0 Å². The number of unbranched alkanes of at least 4 members (excludes halogenated alkanes) is 5. The van der Waals surface area contributed by atoms with Crippen LogP contribution in [0.15, 0.2) is 22.8 Å². The van der Waals surface area contributed by atoms with Crippen molar-refractivity contribution < 1.29 is 0 Å². The Morgan fingerprint density at radius 2 is 1.80 bits per heavy atom. The van der Waals surface area contributed by atoms with Crippen molar-refractivity contribution >= 4 is 11.6 Å². The third-order valence-corrected chi connectivity index (χ3v) is 3.28. The average Bonchev–Trinajstić information content (AvgIpc) is 2.23. The number of allylic oxidation sites excluding steroid dienone is 4. The van der Waals surface area contributed by atoms with E-state index in [0.717, 1.165) is 17.9 Å². The molecule has 0 aliphatic heterocycles. The van der Waals surface area contributed by atoms with Crippen LogP contribution in [-0.4, -0.2) is 0 Å². The molecule has 1 heteroatoms. The predicted molar refractivity (Wildman–Crippen MR) is 69.2 cm³/mol. The van der Waals surface area contributed by atoms with Gasteiger partial charge in [0.15, 0.2) is 0 Å². The molecule has 0 saturated heterocycles. The molecule has 0 heterocycles. The highest BCUT2D eigenvalue weighted by Gasteiger charge is 2.04. The van der Waals surface area contributed by atoms with E-state index in [4.69, 9.17) is 11.6 Å². The van der Waals surface area contributed by atoms with Crippen molar-refractivity contribution in [3.8, 4) is 0 Å². The van der Waals surface area contributed by atoms with Crippen molar-refractivity contribution in [2.45, 2.75) is 64.7 Å². The zero-order chi connectivity index (χ0) is 10.9. The molecule has 0 atom stereocenters. The van der Waals surface area contributed by atoms with Gasteiger partial charge in [0, 0.05) is 11.5 Å². The van der Waals surface area contributed by atoms with E-state index >= 15 is 0 Å². The summed E-state index contributed by atoms with van der Waals surface area (Å²) < 4.78 is 0. The molecule has 1 rings (SSSR count). The third-order valence-electron chi connectivity index (χ3n) is 2.99. The number of halogens is 1. The molecule has 0 spiro atoms. The van der Waals surface area contributed by atoms with Gasteiger partial charge >= 0.3 is 0 Å². The monoisotopic (exact) mass is 226 g/mol. The van der Waals surface area contributed by atoms with E-state index in [0.29, 0.717) is 0 Å². The Morgan fingerprint density at radius 3 is 2.53 bits per heavy atom. The minimum atomic E-state index is 1.01. The maximum absolute atomic E-state index is 6.01. The van der Waals surface area contributed by atoms with Crippen molar-refractivity contribution in [3.05, 3.63) is 22.8 Å². The fourth-order valence-corrected chi connectivity index (χ4v) is 2.30. The van der Waals surface area contributed by atoms with Gasteiger partial charge in [-0.2, -0.15) is 0 Å². The number of hydrogen-bond acceptors (Lipinski definition) is 0. The van der Waals surface area contributed by atoms with E-state index in [-0.39, 0.29) is 0 Å². The van der Waals surface area contributed by atoms with E-state index in [1.54, 1.807) is 5.57 Å². The van der Waals surface area contributed by atoms with Gasteiger partial charge in [0.2, 0.25) is 0 Å². The Morgan fingerprint density at radius 1 is 1.07 bits per heavy atom. The van der Waals surface area contributed by atoms with Crippen molar-refractivity contribution in [1.82, 2.24) is 0 Å². The van der Waals surface area contributed by atoms with Gasteiger partial charge in [0.25, 0.3) is 0 Å². The minimum absolute atomic E-state index is 1.01. The second kappa shape index (κ2) is 7.98. The Kier molecular flexibility index (Phi) is 6.83. The van der Waals surface area contributed by atoms with Crippen LogP contribution in [0.4, 0.5) is 0 Å². The Balaban J connectivity index is 1.98. The quantitative estimate of drug-likeness (QED) is 0.393. The van der Waals surface area contributed by atoms with Crippen LogP contribution in [0.1, 0.15) is 64.7 Å². The SMILES string of the molecule is CCCCCCCCC1=CCC=C(Cl)C1. The number of rotatable bonds is 7. The summed E-state index contributed by atoms with van der Waals surface area (Å²) in [7, 11) is 0. The van der Waals surface area contributed by atoms with E-state index in [2.05, 4.69) is 19.1 Å². The van der Waals surface area contributed by atoms with Gasteiger partial charge in [-0.05, 0) is 19.3 Å². The average molecular weight is 227 g/mol. The molecular weight excluding hydrogens is 204 g/mol. The van der Waals surface area contributed by atoms with Gasteiger partial charge in [-0.1, -0.05) is 68.4 Å². The van der Waals surface area contributed by atoms with Crippen LogP contribution in [0.25, 0.3) is 0 Å². The van der Waals surface area contributed by atoms with Gasteiger partial charge in [0.05, 0.1) is 0 Å². The summed E-state index contributed by atoms with van der Waals surface area (Å²) in [6, 6.07) is 0. The maximum atomic E-state index is 6.01. The Hall–Kier alpha value is -0.230. The number of hydrogen-bond donors (Lipinski definition) is 0. The minimum Gasteiger partial charge on any atom is -0.0891 e. The predicted octanol–water partition coefficient (Wildman–Crippen LogP) is 5.58. The highest BCUT2D eigenvalue weighted by molar-refractivity contribution is 6.29. The van der Waals surface area contributed by atoms with Crippen molar-refractivity contribution in [3.63, 3.8) is 0 Å². The van der Waals surface area contributed by atoms with Gasteiger partial charge < -0.3 is 0 Å². The zero-order valence-corrected chi connectivity index (χ0v) is 10.7. The first kappa shape index (κ1) is 12.8. The van der Waals surface area contributed by atoms with Crippen LogP contribution in [0.3, 0.4) is 0 Å². The van der Waals surface area contributed by atoms with Crippen LogP contribution in [0, 0.1) is 0 Å². The van der Waals surface area contributed by atoms with Gasteiger partial charge in [-0.15, -0.1) is 0 Å². The summed E-state index contributed by atoms with van der Waals surface area (Å²) >= 11 is 6.01. The lowest BCUT2D eigenvalue weighted by molar-refractivity contribution is 0.604. The lowest BCUT2D eigenvalue weighted by atomic mass is 9.99. The fraction of sp³-hybridized carbons (Fsp3) is 0.714. The summed E-state index contributed by atoms with van der Waals surface area (Å²) in [5.74, 6) is 0. The largest absolute Gasteiger partial charge is 0.0891 e. The first-order valence-electron chi connectivity index (χ1n) is 6.35. The lowest BCUT2D eigenvalue weighted by Gasteiger charge is -2.10. The molecule has 0 aromatic rings. The van der Waals surface area contributed by atoms with E-state index in [9.17, 15) is 0 Å². The van der Waals surface area contributed by atoms with Crippen LogP contribution < -0.4 is 0 Å². The molecule has 0 radical (unpaired) electrons. The topological polar surface area (TPSA) is 0 Å². The highest BCUT2D eigenvalue weighted by Crippen LogP contribution is 2.25. The Bertz CT molecular complexity index is 225. The molecule has 86 valence electrons. The zero-order valence-electron chi connectivity index (χ0n) is 9.90. The van der Waals surface area contributed by atoms with E-state index in [1.807, 2.05) is 0 Å². The third kappa shape index (κ3) is 6.04. The lowest BCUT2D eigenvalue weighted by Crippen LogP contribution is -1.90. The Labute approximate surface area is 99.4 Å². The molecule has 0 aromatic carbocycles. The first-order chi connectivity index (χ1) is 7.33. The normalized spacial score (nSPS) is 16.1. The maximum Gasteiger partial charge on any atom is 0.0184 e. The van der Waals surface area contributed by atoms with Crippen molar-refractivity contribution in [1.29, 1.82) is 0 Å². The standard InChI is InChI=1S/C14H23Cl/c1-2-3-4-5-6-7-9-13-10-8-11-14(15)12-13/h10-11H,2-9,12H2,1H3. The van der Waals surface area contributed by atoms with Gasteiger partial charge in [-0.25, -0.2) is 0 Å². The summed E-state index contributed by atoms with van der Waals surface area (Å²) in [6.45, 7) is 2.27.